The van der Waals surface area contributed by atoms with Crippen molar-refractivity contribution in [3.8, 4) is 5.75 Å². The van der Waals surface area contributed by atoms with Crippen molar-refractivity contribution < 1.29 is 9.84 Å². The van der Waals surface area contributed by atoms with Gasteiger partial charge in [0, 0.05) is 23.7 Å². The van der Waals surface area contributed by atoms with Crippen LogP contribution >= 0.6 is 22.7 Å². The number of hydrogen-bond acceptors (Lipinski definition) is 6. The maximum absolute atomic E-state index is 9.47. The summed E-state index contributed by atoms with van der Waals surface area (Å²) in [4.78, 5) is 4.47. The molecule has 1 atom stereocenters. The monoisotopic (exact) mass is 360 g/mol. The second kappa shape index (κ2) is 8.39. The van der Waals surface area contributed by atoms with E-state index in [0.29, 0.717) is 6.54 Å². The number of hydrogen-bond donors (Lipinski definition) is 2. The van der Waals surface area contributed by atoms with Crippen LogP contribution in [0.15, 0.2) is 46.6 Å². The molecule has 0 fully saturated rings. The van der Waals surface area contributed by atoms with E-state index in [1.54, 1.807) is 29.8 Å². The van der Waals surface area contributed by atoms with E-state index in [1.807, 2.05) is 29.8 Å². The van der Waals surface area contributed by atoms with Gasteiger partial charge in [0.05, 0.1) is 19.8 Å². The Bertz CT molecular complexity index is 742. The van der Waals surface area contributed by atoms with Gasteiger partial charge in [-0.25, -0.2) is 4.98 Å². The molecule has 4 nitrogen and oxygen atoms in total. The number of aliphatic hydroxyl groups excluding tert-OH is 1. The Morgan fingerprint density at radius 3 is 2.83 bits per heavy atom. The summed E-state index contributed by atoms with van der Waals surface area (Å²) in [6, 6.07) is 8.24. The summed E-state index contributed by atoms with van der Waals surface area (Å²) in [5, 5.41) is 20.4. The van der Waals surface area contributed by atoms with Gasteiger partial charge in [0.15, 0.2) is 0 Å². The standard InChI is InChI=1S/C18H20N2O2S2/c1-22-17-3-2-13(8-15(17)11-21)10-20-16(18-19-5-7-24-18)9-14-4-6-23-12-14/h2-8,12,16,20-21H,9-11H2,1H3/t16-/m1/s1. The largest absolute Gasteiger partial charge is 0.496 e. The molecule has 0 radical (unpaired) electrons. The van der Waals surface area contributed by atoms with Crippen LogP contribution < -0.4 is 10.1 Å². The highest BCUT2D eigenvalue weighted by molar-refractivity contribution is 7.09. The average molecular weight is 361 g/mol. The Labute approximate surface area is 149 Å². The predicted molar refractivity (Wildman–Crippen MR) is 98.6 cm³/mol. The summed E-state index contributed by atoms with van der Waals surface area (Å²) < 4.78 is 5.26. The zero-order valence-corrected chi connectivity index (χ0v) is 15.1. The van der Waals surface area contributed by atoms with Crippen molar-refractivity contribution in [3.63, 3.8) is 0 Å². The van der Waals surface area contributed by atoms with Crippen molar-refractivity contribution in [2.24, 2.45) is 0 Å². The number of nitrogens with zero attached hydrogens (tertiary/aromatic N) is 1. The molecule has 0 bridgehead atoms. The number of benzene rings is 1. The van der Waals surface area contributed by atoms with E-state index >= 15 is 0 Å². The van der Waals surface area contributed by atoms with Crippen LogP contribution in [0.25, 0.3) is 0 Å². The fourth-order valence-electron chi connectivity index (χ4n) is 2.60. The minimum absolute atomic E-state index is 0.0260. The maximum atomic E-state index is 9.47. The molecule has 3 rings (SSSR count). The van der Waals surface area contributed by atoms with Crippen LogP contribution in [0, 0.1) is 0 Å². The molecular weight excluding hydrogens is 340 g/mol. The van der Waals surface area contributed by atoms with Crippen LogP contribution in [0.2, 0.25) is 0 Å². The van der Waals surface area contributed by atoms with Gasteiger partial charge in [-0.1, -0.05) is 6.07 Å². The zero-order chi connectivity index (χ0) is 16.8. The van der Waals surface area contributed by atoms with Crippen molar-refractivity contribution in [2.45, 2.75) is 25.6 Å². The van der Waals surface area contributed by atoms with Gasteiger partial charge in [0.2, 0.25) is 0 Å². The van der Waals surface area contributed by atoms with Crippen LogP contribution in [-0.2, 0) is 19.6 Å². The number of aromatic nitrogens is 1. The molecule has 0 unspecified atom stereocenters. The smallest absolute Gasteiger partial charge is 0.124 e. The van der Waals surface area contributed by atoms with E-state index in [1.165, 1.54) is 5.56 Å². The molecule has 0 aliphatic heterocycles. The molecule has 2 aromatic heterocycles. The molecule has 0 aliphatic rings. The first kappa shape index (κ1) is 17.1. The van der Waals surface area contributed by atoms with E-state index in [9.17, 15) is 5.11 Å². The summed E-state index contributed by atoms with van der Waals surface area (Å²) in [6.07, 6.45) is 2.76. The van der Waals surface area contributed by atoms with Crippen LogP contribution in [0.4, 0.5) is 0 Å². The van der Waals surface area contributed by atoms with Gasteiger partial charge < -0.3 is 15.2 Å². The van der Waals surface area contributed by atoms with Gasteiger partial charge >= 0.3 is 0 Å². The fourth-order valence-corrected chi connectivity index (χ4v) is 4.00. The third-order valence-corrected chi connectivity index (χ3v) is 5.46. The number of rotatable bonds is 8. The number of methoxy groups -OCH3 is 1. The highest BCUT2D eigenvalue weighted by Crippen LogP contribution is 2.24. The van der Waals surface area contributed by atoms with E-state index < -0.39 is 0 Å². The topological polar surface area (TPSA) is 54.4 Å². The number of aliphatic hydroxyl groups is 1. The molecular formula is C18H20N2O2S2. The minimum atomic E-state index is -0.0260. The lowest BCUT2D eigenvalue weighted by Crippen LogP contribution is -2.22. The first-order chi connectivity index (χ1) is 11.8. The predicted octanol–water partition coefficient (Wildman–Crippen LogP) is 3.78. The fraction of sp³-hybridized carbons (Fsp3) is 0.278. The number of nitrogens with one attached hydrogen (secondary N) is 1. The van der Waals surface area contributed by atoms with Gasteiger partial charge in [-0.05, 0) is 46.5 Å². The number of thiazole rings is 1. The molecule has 0 saturated heterocycles. The third kappa shape index (κ3) is 4.21. The quantitative estimate of drug-likeness (QED) is 0.642. The van der Waals surface area contributed by atoms with E-state index in [-0.39, 0.29) is 12.6 Å². The first-order valence-electron chi connectivity index (χ1n) is 7.70. The zero-order valence-electron chi connectivity index (χ0n) is 13.4. The van der Waals surface area contributed by atoms with E-state index in [0.717, 1.165) is 28.3 Å². The van der Waals surface area contributed by atoms with Gasteiger partial charge in [-0.15, -0.1) is 11.3 Å². The second-order valence-corrected chi connectivity index (χ2v) is 7.15. The minimum Gasteiger partial charge on any atom is -0.496 e. The summed E-state index contributed by atoms with van der Waals surface area (Å²) in [5.74, 6) is 0.719. The number of ether oxygens (including phenoxy) is 1. The van der Waals surface area contributed by atoms with E-state index in [2.05, 4.69) is 27.1 Å². The van der Waals surface area contributed by atoms with Crippen LogP contribution in [0.5, 0.6) is 5.75 Å². The first-order valence-corrected chi connectivity index (χ1v) is 9.53. The third-order valence-electron chi connectivity index (χ3n) is 3.84. The Hall–Kier alpha value is -1.73. The molecule has 6 heteroatoms. The maximum Gasteiger partial charge on any atom is 0.124 e. The molecule has 2 N–H and O–H groups in total. The van der Waals surface area contributed by atoms with Crippen molar-refractivity contribution in [1.82, 2.24) is 10.3 Å². The van der Waals surface area contributed by atoms with Gasteiger partial charge in [-0.2, -0.15) is 11.3 Å². The Kier molecular flexibility index (Phi) is 5.98. The normalized spacial score (nSPS) is 12.2. The lowest BCUT2D eigenvalue weighted by molar-refractivity contribution is 0.273. The summed E-state index contributed by atoms with van der Waals surface area (Å²) in [5.41, 5.74) is 3.24. The summed E-state index contributed by atoms with van der Waals surface area (Å²) in [6.45, 7) is 0.688. The Balaban J connectivity index is 1.71. The van der Waals surface area contributed by atoms with Crippen molar-refractivity contribution >= 4 is 22.7 Å². The molecule has 126 valence electrons. The van der Waals surface area contributed by atoms with Crippen molar-refractivity contribution in [1.29, 1.82) is 0 Å². The molecule has 0 spiro atoms. The molecule has 0 aliphatic carbocycles. The number of thiophene rings is 1. The Morgan fingerprint density at radius 2 is 2.17 bits per heavy atom. The van der Waals surface area contributed by atoms with Gasteiger partial charge in [-0.3, -0.25) is 0 Å². The summed E-state index contributed by atoms with van der Waals surface area (Å²) in [7, 11) is 1.62. The SMILES string of the molecule is COc1ccc(CN[C@H](Cc2ccsc2)c2nccs2)cc1CO. The lowest BCUT2D eigenvalue weighted by Gasteiger charge is -2.17. The molecule has 1 aromatic carbocycles. The lowest BCUT2D eigenvalue weighted by atomic mass is 10.1. The van der Waals surface area contributed by atoms with E-state index in [4.69, 9.17) is 4.74 Å². The van der Waals surface area contributed by atoms with Crippen LogP contribution in [0.3, 0.4) is 0 Å². The molecule has 0 saturated carbocycles. The van der Waals surface area contributed by atoms with Gasteiger partial charge in [0.1, 0.15) is 10.8 Å². The molecule has 0 amide bonds. The second-order valence-electron chi connectivity index (χ2n) is 5.44. The Morgan fingerprint density at radius 1 is 1.25 bits per heavy atom. The highest BCUT2D eigenvalue weighted by atomic mass is 32.1. The van der Waals surface area contributed by atoms with Crippen molar-refractivity contribution in [3.05, 3.63) is 68.3 Å². The van der Waals surface area contributed by atoms with Crippen LogP contribution in [0.1, 0.15) is 27.7 Å². The average Bonchev–Trinajstić information content (AvgIpc) is 3.31. The van der Waals surface area contributed by atoms with Crippen molar-refractivity contribution in [2.75, 3.05) is 7.11 Å². The molecule has 2 heterocycles. The van der Waals surface area contributed by atoms with Gasteiger partial charge in [0.25, 0.3) is 0 Å². The molecule has 3 aromatic rings. The highest BCUT2D eigenvalue weighted by Gasteiger charge is 2.15. The molecule has 24 heavy (non-hydrogen) atoms. The summed E-state index contributed by atoms with van der Waals surface area (Å²) >= 11 is 3.39. The van der Waals surface area contributed by atoms with Crippen LogP contribution in [-0.4, -0.2) is 17.2 Å².